The summed E-state index contributed by atoms with van der Waals surface area (Å²) < 4.78 is 26.9. The molecule has 2 N–H and O–H groups in total. The summed E-state index contributed by atoms with van der Waals surface area (Å²) in [7, 11) is 0. The summed E-state index contributed by atoms with van der Waals surface area (Å²) in [5.41, 5.74) is 8.04. The Hall–Kier alpha value is -1.39. The molecule has 0 saturated heterocycles. The van der Waals surface area contributed by atoms with Crippen LogP contribution < -0.4 is 5.73 Å². The zero-order valence-corrected chi connectivity index (χ0v) is 12.3. The summed E-state index contributed by atoms with van der Waals surface area (Å²) in [6.45, 7) is 3.93. The van der Waals surface area contributed by atoms with Gasteiger partial charge in [0.2, 0.25) is 0 Å². The number of aryl methyl sites for hydroxylation is 1. The molecule has 20 heavy (non-hydrogen) atoms. The minimum atomic E-state index is -0.435. The fourth-order valence-electron chi connectivity index (χ4n) is 1.99. The molecule has 1 nitrogen and oxygen atoms in total. The molecule has 0 aromatic heterocycles. The summed E-state index contributed by atoms with van der Waals surface area (Å²) in [5.74, 6) is -0.849. The first-order valence-corrected chi connectivity index (χ1v) is 7.25. The second kappa shape index (κ2) is 6.37. The van der Waals surface area contributed by atoms with Gasteiger partial charge in [-0.1, -0.05) is 29.5 Å². The number of benzene rings is 2. The van der Waals surface area contributed by atoms with Gasteiger partial charge in [0.15, 0.2) is 0 Å². The standard InChI is InChI=1S/C16H17F2NS/c1-10-3-6-15(12(7-10)8-11(2)19)20-16-9-13(17)4-5-14(16)18/h3-7,9,11H,8,19H2,1-2H3. The number of hydrogen-bond acceptors (Lipinski definition) is 2. The van der Waals surface area contributed by atoms with E-state index >= 15 is 0 Å². The van der Waals surface area contributed by atoms with E-state index in [4.69, 9.17) is 5.73 Å². The van der Waals surface area contributed by atoms with Crippen molar-refractivity contribution < 1.29 is 8.78 Å². The summed E-state index contributed by atoms with van der Waals surface area (Å²) >= 11 is 1.24. The molecular weight excluding hydrogens is 276 g/mol. The van der Waals surface area contributed by atoms with Gasteiger partial charge in [-0.2, -0.15) is 0 Å². The average molecular weight is 293 g/mol. The van der Waals surface area contributed by atoms with Crippen LogP contribution in [-0.4, -0.2) is 6.04 Å². The molecule has 106 valence electrons. The first kappa shape index (κ1) is 15.0. The first-order chi connectivity index (χ1) is 9.45. The lowest BCUT2D eigenvalue weighted by atomic mass is 10.1. The van der Waals surface area contributed by atoms with E-state index in [9.17, 15) is 8.78 Å². The Balaban J connectivity index is 2.35. The van der Waals surface area contributed by atoms with Gasteiger partial charge in [-0.3, -0.25) is 0 Å². The highest BCUT2D eigenvalue weighted by Gasteiger charge is 2.11. The molecule has 0 saturated carbocycles. The fraction of sp³-hybridized carbons (Fsp3) is 0.250. The van der Waals surface area contributed by atoms with Gasteiger partial charge in [0.05, 0.1) is 4.90 Å². The van der Waals surface area contributed by atoms with Gasteiger partial charge in [0.25, 0.3) is 0 Å². The number of hydrogen-bond donors (Lipinski definition) is 1. The van der Waals surface area contributed by atoms with Gasteiger partial charge in [-0.25, -0.2) is 8.78 Å². The van der Waals surface area contributed by atoms with E-state index in [1.165, 1.54) is 17.8 Å². The van der Waals surface area contributed by atoms with E-state index < -0.39 is 11.6 Å². The van der Waals surface area contributed by atoms with Crippen molar-refractivity contribution in [1.29, 1.82) is 0 Å². The van der Waals surface area contributed by atoms with Gasteiger partial charge in [-0.05, 0) is 50.1 Å². The summed E-state index contributed by atoms with van der Waals surface area (Å²) in [6, 6.07) is 9.45. The minimum absolute atomic E-state index is 0.0218. The fourth-order valence-corrected chi connectivity index (χ4v) is 2.97. The van der Waals surface area contributed by atoms with E-state index in [2.05, 4.69) is 0 Å². The van der Waals surface area contributed by atoms with Gasteiger partial charge in [-0.15, -0.1) is 0 Å². The summed E-state index contributed by atoms with van der Waals surface area (Å²) in [6.07, 6.45) is 0.709. The molecule has 0 heterocycles. The van der Waals surface area contributed by atoms with Crippen LogP contribution in [0.25, 0.3) is 0 Å². The van der Waals surface area contributed by atoms with Gasteiger partial charge in [0.1, 0.15) is 11.6 Å². The van der Waals surface area contributed by atoms with Crippen LogP contribution in [0.4, 0.5) is 8.78 Å². The number of halogens is 2. The maximum absolute atomic E-state index is 13.7. The number of nitrogens with two attached hydrogens (primary N) is 1. The van der Waals surface area contributed by atoms with E-state index in [0.29, 0.717) is 11.3 Å². The van der Waals surface area contributed by atoms with Crippen molar-refractivity contribution in [2.75, 3.05) is 0 Å². The van der Waals surface area contributed by atoms with Crippen LogP contribution in [-0.2, 0) is 6.42 Å². The maximum Gasteiger partial charge on any atom is 0.137 e. The summed E-state index contributed by atoms with van der Waals surface area (Å²) in [4.78, 5) is 1.21. The van der Waals surface area contributed by atoms with Crippen LogP contribution in [0.5, 0.6) is 0 Å². The van der Waals surface area contributed by atoms with E-state index in [1.54, 1.807) is 0 Å². The SMILES string of the molecule is Cc1ccc(Sc2cc(F)ccc2F)c(CC(C)N)c1. The van der Waals surface area contributed by atoms with Gasteiger partial charge < -0.3 is 5.73 Å². The summed E-state index contributed by atoms with van der Waals surface area (Å²) in [5, 5.41) is 0. The van der Waals surface area contributed by atoms with Crippen molar-refractivity contribution in [2.45, 2.75) is 36.1 Å². The minimum Gasteiger partial charge on any atom is -0.328 e. The third kappa shape index (κ3) is 3.81. The molecule has 0 aliphatic rings. The molecule has 2 aromatic carbocycles. The molecule has 2 rings (SSSR count). The first-order valence-electron chi connectivity index (χ1n) is 6.43. The Morgan fingerprint density at radius 1 is 1.10 bits per heavy atom. The van der Waals surface area contributed by atoms with Crippen LogP contribution in [0.15, 0.2) is 46.2 Å². The molecule has 0 bridgehead atoms. The van der Waals surface area contributed by atoms with Crippen LogP contribution in [0, 0.1) is 18.6 Å². The molecule has 0 radical (unpaired) electrons. The van der Waals surface area contributed by atoms with Crippen molar-refractivity contribution in [3.8, 4) is 0 Å². The highest BCUT2D eigenvalue weighted by Crippen LogP contribution is 2.33. The lowest BCUT2D eigenvalue weighted by molar-refractivity contribution is 0.577. The molecule has 1 unspecified atom stereocenters. The van der Waals surface area contributed by atoms with Crippen molar-refractivity contribution in [1.82, 2.24) is 0 Å². The largest absolute Gasteiger partial charge is 0.328 e. The van der Waals surface area contributed by atoms with E-state index in [-0.39, 0.29) is 6.04 Å². The zero-order valence-electron chi connectivity index (χ0n) is 11.5. The highest BCUT2D eigenvalue weighted by atomic mass is 32.2. The molecule has 2 aromatic rings. The van der Waals surface area contributed by atoms with Crippen LogP contribution >= 0.6 is 11.8 Å². The molecule has 4 heteroatoms. The Labute approximate surface area is 122 Å². The Kier molecular flexibility index (Phi) is 4.78. The maximum atomic E-state index is 13.7. The monoisotopic (exact) mass is 293 g/mol. The number of rotatable bonds is 4. The van der Waals surface area contributed by atoms with E-state index in [0.717, 1.165) is 28.2 Å². The highest BCUT2D eigenvalue weighted by molar-refractivity contribution is 7.99. The third-order valence-electron chi connectivity index (χ3n) is 2.87. The second-order valence-corrected chi connectivity index (χ2v) is 6.05. The Bertz CT molecular complexity index is 611. The average Bonchev–Trinajstić information content (AvgIpc) is 2.36. The molecule has 0 aliphatic heterocycles. The predicted molar refractivity (Wildman–Crippen MR) is 79.0 cm³/mol. The molecule has 0 fully saturated rings. The molecule has 0 aliphatic carbocycles. The Morgan fingerprint density at radius 3 is 2.55 bits per heavy atom. The van der Waals surface area contributed by atoms with Gasteiger partial charge in [0, 0.05) is 10.9 Å². The normalized spacial score (nSPS) is 12.4. The van der Waals surface area contributed by atoms with Crippen LogP contribution in [0.2, 0.25) is 0 Å². The lowest BCUT2D eigenvalue weighted by Crippen LogP contribution is -2.18. The third-order valence-corrected chi connectivity index (χ3v) is 4.02. The topological polar surface area (TPSA) is 26.0 Å². The molecule has 0 amide bonds. The van der Waals surface area contributed by atoms with E-state index in [1.807, 2.05) is 32.0 Å². The smallest absolute Gasteiger partial charge is 0.137 e. The molecular formula is C16H17F2NS. The van der Waals surface area contributed by atoms with Crippen LogP contribution in [0.1, 0.15) is 18.1 Å². The van der Waals surface area contributed by atoms with Crippen molar-refractivity contribution in [2.24, 2.45) is 5.73 Å². The lowest BCUT2D eigenvalue weighted by Gasteiger charge is -2.13. The van der Waals surface area contributed by atoms with Crippen molar-refractivity contribution in [3.05, 3.63) is 59.2 Å². The van der Waals surface area contributed by atoms with Crippen molar-refractivity contribution in [3.63, 3.8) is 0 Å². The second-order valence-electron chi connectivity index (χ2n) is 4.97. The van der Waals surface area contributed by atoms with Crippen molar-refractivity contribution >= 4 is 11.8 Å². The van der Waals surface area contributed by atoms with Crippen LogP contribution in [0.3, 0.4) is 0 Å². The van der Waals surface area contributed by atoms with Gasteiger partial charge >= 0.3 is 0 Å². The molecule has 0 spiro atoms. The predicted octanol–water partition coefficient (Wildman–Crippen LogP) is 4.31. The quantitative estimate of drug-likeness (QED) is 0.909. The molecule has 1 atom stereocenters. The Morgan fingerprint density at radius 2 is 1.85 bits per heavy atom. The zero-order chi connectivity index (χ0) is 14.7.